The smallest absolute Gasteiger partial charge is 0.363 e. The quantitative estimate of drug-likeness (QED) is 0.554. The van der Waals surface area contributed by atoms with E-state index in [1.807, 2.05) is 0 Å². The first-order chi connectivity index (χ1) is 14.4. The van der Waals surface area contributed by atoms with E-state index in [0.717, 1.165) is 12.1 Å². The Hall–Kier alpha value is -3.75. The van der Waals surface area contributed by atoms with E-state index in [4.69, 9.17) is 14.2 Å². The number of likely N-dealkylation sites (N-methyl/N-ethyl adjacent to an activating group) is 1. The summed E-state index contributed by atoms with van der Waals surface area (Å²) in [5, 5.41) is 2.61. The molecule has 0 radical (unpaired) electrons. The average molecular weight is 416 g/mol. The predicted octanol–water partition coefficient (Wildman–Crippen LogP) is 2.83. The molecule has 30 heavy (non-hydrogen) atoms. The summed E-state index contributed by atoms with van der Waals surface area (Å²) < 4.78 is 42.7. The van der Waals surface area contributed by atoms with E-state index in [9.17, 15) is 18.4 Å². The third kappa shape index (κ3) is 4.80. The summed E-state index contributed by atoms with van der Waals surface area (Å²) in [5.74, 6) is -2.25. The van der Waals surface area contributed by atoms with Gasteiger partial charge in [-0.25, -0.2) is 18.6 Å². The fourth-order valence-corrected chi connectivity index (χ4v) is 2.63. The van der Waals surface area contributed by atoms with Crippen LogP contribution in [0, 0.1) is 11.6 Å². The van der Waals surface area contributed by atoms with Crippen molar-refractivity contribution in [3.63, 3.8) is 0 Å². The fourth-order valence-electron chi connectivity index (χ4n) is 2.63. The second-order valence-electron chi connectivity index (χ2n) is 6.11. The van der Waals surface area contributed by atoms with Crippen LogP contribution in [-0.4, -0.2) is 38.0 Å². The van der Waals surface area contributed by atoms with Crippen molar-refractivity contribution in [3.05, 3.63) is 64.9 Å². The first kappa shape index (κ1) is 21.0. The van der Waals surface area contributed by atoms with Crippen LogP contribution in [0.3, 0.4) is 0 Å². The molecule has 0 atom stereocenters. The maximum atomic E-state index is 13.9. The molecule has 0 aliphatic carbocycles. The van der Waals surface area contributed by atoms with Gasteiger partial charge in [-0.05, 0) is 42.8 Å². The summed E-state index contributed by atoms with van der Waals surface area (Å²) in [4.78, 5) is 27.6. The zero-order chi connectivity index (χ0) is 21.7. The van der Waals surface area contributed by atoms with Gasteiger partial charge in [0, 0.05) is 12.6 Å². The van der Waals surface area contributed by atoms with E-state index < -0.39 is 17.6 Å². The van der Waals surface area contributed by atoms with Crippen LogP contribution in [0.2, 0.25) is 0 Å². The molecule has 2 aromatic rings. The number of aliphatic imine (C=N–C) groups is 1. The van der Waals surface area contributed by atoms with Crippen LogP contribution in [-0.2, 0) is 14.3 Å². The van der Waals surface area contributed by atoms with Gasteiger partial charge in [0.2, 0.25) is 5.90 Å². The number of methoxy groups -OCH3 is 1. The summed E-state index contributed by atoms with van der Waals surface area (Å²) in [7, 11) is 1.43. The van der Waals surface area contributed by atoms with Gasteiger partial charge in [-0.3, -0.25) is 4.79 Å². The largest absolute Gasteiger partial charge is 0.493 e. The molecule has 156 valence electrons. The molecule has 1 aliphatic heterocycles. The molecule has 7 nitrogen and oxygen atoms in total. The molecule has 0 aromatic heterocycles. The van der Waals surface area contributed by atoms with E-state index in [-0.39, 0.29) is 29.7 Å². The van der Waals surface area contributed by atoms with Crippen LogP contribution in [0.4, 0.5) is 8.78 Å². The number of esters is 1. The zero-order valence-electron chi connectivity index (χ0n) is 16.2. The van der Waals surface area contributed by atoms with Crippen molar-refractivity contribution in [2.45, 2.75) is 6.92 Å². The Balaban J connectivity index is 1.82. The van der Waals surface area contributed by atoms with Crippen LogP contribution in [0.15, 0.2) is 47.1 Å². The third-order valence-corrected chi connectivity index (χ3v) is 4.01. The maximum Gasteiger partial charge on any atom is 0.363 e. The van der Waals surface area contributed by atoms with Crippen LogP contribution < -0.4 is 14.8 Å². The van der Waals surface area contributed by atoms with Gasteiger partial charge in [-0.15, -0.1) is 0 Å². The number of amides is 1. The number of rotatable bonds is 7. The highest BCUT2D eigenvalue weighted by Crippen LogP contribution is 2.30. The molecule has 1 amide bonds. The number of hydrogen-bond acceptors (Lipinski definition) is 6. The van der Waals surface area contributed by atoms with Crippen LogP contribution in [0.5, 0.6) is 11.5 Å². The van der Waals surface area contributed by atoms with E-state index in [1.165, 1.54) is 13.2 Å². The summed E-state index contributed by atoms with van der Waals surface area (Å²) >= 11 is 0. The molecule has 1 heterocycles. The molecule has 1 N–H and O–H groups in total. The highest BCUT2D eigenvalue weighted by atomic mass is 19.1. The maximum absolute atomic E-state index is 13.9. The number of hydrogen-bond donors (Lipinski definition) is 1. The van der Waals surface area contributed by atoms with Gasteiger partial charge >= 0.3 is 5.97 Å². The first-order valence-corrected chi connectivity index (χ1v) is 8.96. The van der Waals surface area contributed by atoms with Crippen molar-refractivity contribution >= 4 is 23.9 Å². The van der Waals surface area contributed by atoms with Crippen molar-refractivity contribution in [2.24, 2.45) is 4.99 Å². The highest BCUT2D eigenvalue weighted by molar-refractivity contribution is 6.13. The fraction of sp³-hybridized carbons (Fsp3) is 0.190. The SMILES string of the molecule is CCNC(=O)COc1ccc(/C=C2/N=C(c3ccc(F)cc3F)OC2=O)cc1OC. The number of ether oxygens (including phenoxy) is 3. The second-order valence-corrected chi connectivity index (χ2v) is 6.11. The normalized spacial score (nSPS) is 14.3. The lowest BCUT2D eigenvalue weighted by Gasteiger charge is -2.11. The van der Waals surface area contributed by atoms with Crippen LogP contribution in [0.1, 0.15) is 18.1 Å². The Morgan fingerprint density at radius 3 is 2.70 bits per heavy atom. The van der Waals surface area contributed by atoms with Crippen molar-refractivity contribution in [3.8, 4) is 11.5 Å². The Labute approximate surface area is 171 Å². The van der Waals surface area contributed by atoms with Gasteiger partial charge in [0.1, 0.15) is 11.6 Å². The number of carbonyl (C=O) groups excluding carboxylic acids is 2. The van der Waals surface area contributed by atoms with Crippen LogP contribution in [0.25, 0.3) is 6.08 Å². The second kappa shape index (κ2) is 9.17. The lowest BCUT2D eigenvalue weighted by Crippen LogP contribution is -2.28. The minimum Gasteiger partial charge on any atom is -0.493 e. The molecule has 1 aliphatic rings. The monoisotopic (exact) mass is 416 g/mol. The number of nitrogens with one attached hydrogen (secondary N) is 1. The highest BCUT2D eigenvalue weighted by Gasteiger charge is 2.26. The summed E-state index contributed by atoms with van der Waals surface area (Å²) in [6.07, 6.45) is 1.42. The molecule has 0 saturated carbocycles. The first-order valence-electron chi connectivity index (χ1n) is 8.96. The summed E-state index contributed by atoms with van der Waals surface area (Å²) in [6.45, 7) is 2.12. The average Bonchev–Trinajstić information content (AvgIpc) is 3.07. The third-order valence-electron chi connectivity index (χ3n) is 4.01. The molecule has 0 spiro atoms. The Bertz CT molecular complexity index is 1050. The predicted molar refractivity (Wildman–Crippen MR) is 104 cm³/mol. The zero-order valence-corrected chi connectivity index (χ0v) is 16.2. The van der Waals surface area contributed by atoms with E-state index >= 15 is 0 Å². The van der Waals surface area contributed by atoms with Gasteiger partial charge in [0.25, 0.3) is 5.91 Å². The molecular weight excluding hydrogens is 398 g/mol. The Kier molecular flexibility index (Phi) is 6.41. The molecule has 0 saturated heterocycles. The molecule has 0 fully saturated rings. The summed E-state index contributed by atoms with van der Waals surface area (Å²) in [6, 6.07) is 7.65. The molecular formula is C21H18F2N2O5. The van der Waals surface area contributed by atoms with Crippen molar-refractivity contribution in [1.29, 1.82) is 0 Å². The van der Waals surface area contributed by atoms with Crippen molar-refractivity contribution in [2.75, 3.05) is 20.3 Å². The van der Waals surface area contributed by atoms with Crippen molar-refractivity contribution < 1.29 is 32.6 Å². The minimum absolute atomic E-state index is 0.0632. The van der Waals surface area contributed by atoms with E-state index in [0.29, 0.717) is 29.7 Å². The topological polar surface area (TPSA) is 86.2 Å². The van der Waals surface area contributed by atoms with Gasteiger partial charge in [0.15, 0.2) is 23.8 Å². The van der Waals surface area contributed by atoms with E-state index in [1.54, 1.807) is 25.1 Å². The lowest BCUT2D eigenvalue weighted by molar-refractivity contribution is -0.130. The van der Waals surface area contributed by atoms with Crippen molar-refractivity contribution in [1.82, 2.24) is 5.32 Å². The minimum atomic E-state index is -0.891. The van der Waals surface area contributed by atoms with E-state index in [2.05, 4.69) is 10.3 Å². The van der Waals surface area contributed by atoms with Gasteiger partial charge < -0.3 is 19.5 Å². The van der Waals surface area contributed by atoms with Crippen LogP contribution >= 0.6 is 0 Å². The Morgan fingerprint density at radius 1 is 1.20 bits per heavy atom. The molecule has 0 bridgehead atoms. The number of carbonyl (C=O) groups is 2. The Morgan fingerprint density at radius 2 is 2.00 bits per heavy atom. The molecule has 2 aromatic carbocycles. The number of cyclic esters (lactones) is 1. The summed E-state index contributed by atoms with van der Waals surface area (Å²) in [5.41, 5.74) is 0.348. The molecule has 3 rings (SSSR count). The van der Waals surface area contributed by atoms with Gasteiger partial charge in [0.05, 0.1) is 12.7 Å². The van der Waals surface area contributed by atoms with Gasteiger partial charge in [-0.1, -0.05) is 6.07 Å². The lowest BCUT2D eigenvalue weighted by atomic mass is 10.1. The standard InChI is InChI=1S/C21H18F2N2O5/c1-3-24-19(26)11-29-17-7-4-12(9-18(17)28-2)8-16-21(27)30-20(25-16)14-6-5-13(22)10-15(14)23/h4-10H,3,11H2,1-2H3,(H,24,26)/b16-8+. The number of nitrogens with zero attached hydrogens (tertiary/aromatic N) is 1. The molecule has 9 heteroatoms. The van der Waals surface area contributed by atoms with Gasteiger partial charge in [-0.2, -0.15) is 0 Å². The molecule has 0 unspecified atom stereocenters. The number of benzene rings is 2. The number of halogens is 2.